The molecule has 28 heavy (non-hydrogen) atoms. The zero-order chi connectivity index (χ0) is 20.3. The first kappa shape index (κ1) is 20.4. The second kappa shape index (κ2) is 8.80. The molecular weight excluding hydrogens is 444 g/mol. The van der Waals surface area contributed by atoms with Crippen LogP contribution < -0.4 is 10.1 Å². The molecule has 1 N–H and O–H groups in total. The summed E-state index contributed by atoms with van der Waals surface area (Å²) in [5.74, 6) is 0.235. The van der Waals surface area contributed by atoms with Crippen LogP contribution in [-0.2, 0) is 4.74 Å². The molecule has 5 nitrogen and oxygen atoms in total. The molecule has 0 saturated heterocycles. The molecule has 0 aliphatic carbocycles. The number of anilines is 2. The van der Waals surface area contributed by atoms with Gasteiger partial charge in [-0.05, 0) is 54.4 Å². The SMILES string of the molecule is CCOC(=O)c1cnc2cc(OCC)c(Br)cc2c1Nc1cccc(C)c1Cl. The van der Waals surface area contributed by atoms with Crippen molar-refractivity contribution in [3.63, 3.8) is 0 Å². The van der Waals surface area contributed by atoms with Crippen LogP contribution in [0.4, 0.5) is 11.4 Å². The zero-order valence-electron chi connectivity index (χ0n) is 15.8. The number of carbonyl (C=O) groups is 1. The average molecular weight is 464 g/mol. The highest BCUT2D eigenvalue weighted by Gasteiger charge is 2.19. The lowest BCUT2D eigenvalue weighted by Gasteiger charge is -2.17. The number of pyridine rings is 1. The van der Waals surface area contributed by atoms with Crippen molar-refractivity contribution in [3.05, 3.63) is 57.2 Å². The first-order valence-corrected chi connectivity index (χ1v) is 10.1. The Balaban J connectivity index is 2.22. The lowest BCUT2D eigenvalue weighted by molar-refractivity contribution is 0.0527. The standard InChI is InChI=1S/C21H20BrClN2O3/c1-4-27-18-10-17-13(9-15(18)22)20(14(11-24-17)21(26)28-5-2)25-16-8-6-7-12(3)19(16)23/h6-11H,4-5H2,1-3H3,(H,24,25). The molecule has 0 radical (unpaired) electrons. The van der Waals surface area contributed by atoms with Crippen LogP contribution in [-0.4, -0.2) is 24.2 Å². The summed E-state index contributed by atoms with van der Waals surface area (Å²) in [6, 6.07) is 9.40. The van der Waals surface area contributed by atoms with Gasteiger partial charge in [-0.1, -0.05) is 23.7 Å². The molecule has 0 unspecified atom stereocenters. The third kappa shape index (κ3) is 4.08. The van der Waals surface area contributed by atoms with E-state index in [1.54, 1.807) is 6.92 Å². The Bertz CT molecular complexity index is 1040. The fourth-order valence-electron chi connectivity index (χ4n) is 2.84. The van der Waals surface area contributed by atoms with Crippen molar-refractivity contribution >= 4 is 55.8 Å². The Morgan fingerprint density at radius 1 is 1.25 bits per heavy atom. The second-order valence-corrected chi connectivity index (χ2v) is 7.29. The number of ether oxygens (including phenoxy) is 2. The van der Waals surface area contributed by atoms with Gasteiger partial charge in [-0.3, -0.25) is 4.98 Å². The first-order valence-electron chi connectivity index (χ1n) is 8.90. The molecule has 1 heterocycles. The highest BCUT2D eigenvalue weighted by atomic mass is 79.9. The minimum Gasteiger partial charge on any atom is -0.493 e. The number of esters is 1. The molecule has 0 aliphatic heterocycles. The fraction of sp³-hybridized carbons (Fsp3) is 0.238. The predicted molar refractivity (Wildman–Crippen MR) is 116 cm³/mol. The van der Waals surface area contributed by atoms with E-state index >= 15 is 0 Å². The van der Waals surface area contributed by atoms with Crippen molar-refractivity contribution in [3.8, 4) is 5.75 Å². The lowest BCUT2D eigenvalue weighted by atomic mass is 10.1. The summed E-state index contributed by atoms with van der Waals surface area (Å²) < 4.78 is 11.6. The number of fused-ring (bicyclic) bond motifs is 1. The van der Waals surface area contributed by atoms with E-state index < -0.39 is 5.97 Å². The Hall–Kier alpha value is -2.31. The molecule has 1 aromatic heterocycles. The van der Waals surface area contributed by atoms with E-state index in [-0.39, 0.29) is 6.61 Å². The second-order valence-electron chi connectivity index (χ2n) is 6.06. The van der Waals surface area contributed by atoms with Gasteiger partial charge in [0, 0.05) is 17.6 Å². The number of carbonyl (C=O) groups excluding carboxylic acids is 1. The highest BCUT2D eigenvalue weighted by Crippen LogP contribution is 2.37. The summed E-state index contributed by atoms with van der Waals surface area (Å²) in [5, 5.41) is 4.65. The van der Waals surface area contributed by atoms with E-state index in [2.05, 4.69) is 26.2 Å². The number of benzene rings is 2. The quantitative estimate of drug-likeness (QED) is 0.436. The zero-order valence-corrected chi connectivity index (χ0v) is 18.1. The molecular formula is C21H20BrClN2O3. The monoisotopic (exact) mass is 462 g/mol. The molecule has 3 aromatic rings. The number of aromatic nitrogens is 1. The third-order valence-electron chi connectivity index (χ3n) is 4.17. The van der Waals surface area contributed by atoms with Crippen molar-refractivity contribution in [2.45, 2.75) is 20.8 Å². The Morgan fingerprint density at radius 3 is 2.75 bits per heavy atom. The molecule has 0 bridgehead atoms. The van der Waals surface area contributed by atoms with E-state index in [1.165, 1.54) is 6.20 Å². The molecule has 7 heteroatoms. The van der Waals surface area contributed by atoms with E-state index in [1.807, 2.05) is 44.2 Å². The van der Waals surface area contributed by atoms with Crippen LogP contribution in [0.25, 0.3) is 10.9 Å². The van der Waals surface area contributed by atoms with Crippen molar-refractivity contribution in [2.24, 2.45) is 0 Å². The number of hydrogen-bond acceptors (Lipinski definition) is 5. The maximum atomic E-state index is 12.5. The van der Waals surface area contributed by atoms with Crippen LogP contribution in [0.15, 0.2) is 41.0 Å². The van der Waals surface area contributed by atoms with Crippen LogP contribution in [0.5, 0.6) is 5.75 Å². The number of nitrogens with one attached hydrogen (secondary N) is 1. The Labute approximate surface area is 177 Å². The van der Waals surface area contributed by atoms with E-state index in [0.29, 0.717) is 39.8 Å². The normalized spacial score (nSPS) is 10.8. The Morgan fingerprint density at radius 2 is 2.04 bits per heavy atom. The topological polar surface area (TPSA) is 60.5 Å². The highest BCUT2D eigenvalue weighted by molar-refractivity contribution is 9.10. The smallest absolute Gasteiger partial charge is 0.341 e. The average Bonchev–Trinajstić information content (AvgIpc) is 2.67. The van der Waals surface area contributed by atoms with Crippen LogP contribution in [0.2, 0.25) is 5.02 Å². The number of rotatable bonds is 6. The maximum Gasteiger partial charge on any atom is 0.341 e. The molecule has 3 rings (SSSR count). The molecule has 2 aromatic carbocycles. The van der Waals surface area contributed by atoms with Crippen LogP contribution >= 0.6 is 27.5 Å². The third-order valence-corrected chi connectivity index (χ3v) is 5.29. The number of halogens is 2. The molecule has 0 amide bonds. The van der Waals surface area contributed by atoms with E-state index in [4.69, 9.17) is 21.1 Å². The minimum atomic E-state index is -0.451. The van der Waals surface area contributed by atoms with Gasteiger partial charge in [0.25, 0.3) is 0 Å². The molecule has 0 fully saturated rings. The summed E-state index contributed by atoms with van der Waals surface area (Å²) in [7, 11) is 0. The van der Waals surface area contributed by atoms with E-state index in [0.717, 1.165) is 15.4 Å². The van der Waals surface area contributed by atoms with Crippen molar-refractivity contribution in [1.82, 2.24) is 4.98 Å². The van der Waals surface area contributed by atoms with Gasteiger partial charge in [0.2, 0.25) is 0 Å². The molecule has 0 aliphatic rings. The lowest BCUT2D eigenvalue weighted by Crippen LogP contribution is -2.09. The van der Waals surface area contributed by atoms with E-state index in [9.17, 15) is 4.79 Å². The van der Waals surface area contributed by atoms with Gasteiger partial charge in [-0.25, -0.2) is 4.79 Å². The summed E-state index contributed by atoms with van der Waals surface area (Å²) >= 11 is 10.00. The number of hydrogen-bond donors (Lipinski definition) is 1. The van der Waals surface area contributed by atoms with Gasteiger partial charge in [0.1, 0.15) is 11.3 Å². The van der Waals surface area contributed by atoms with Gasteiger partial charge in [-0.2, -0.15) is 0 Å². The van der Waals surface area contributed by atoms with Gasteiger partial charge in [0.15, 0.2) is 0 Å². The van der Waals surface area contributed by atoms with Gasteiger partial charge < -0.3 is 14.8 Å². The van der Waals surface area contributed by atoms with Crippen LogP contribution in [0.3, 0.4) is 0 Å². The first-order chi connectivity index (χ1) is 13.5. The van der Waals surface area contributed by atoms with Gasteiger partial charge >= 0.3 is 5.97 Å². The molecule has 146 valence electrons. The molecule has 0 spiro atoms. The van der Waals surface area contributed by atoms with Gasteiger partial charge in [0.05, 0.1) is 39.6 Å². The van der Waals surface area contributed by atoms with Crippen LogP contribution in [0, 0.1) is 6.92 Å². The fourth-order valence-corrected chi connectivity index (χ4v) is 3.47. The number of aryl methyl sites for hydroxylation is 1. The van der Waals surface area contributed by atoms with Crippen LogP contribution in [0.1, 0.15) is 29.8 Å². The predicted octanol–water partition coefficient (Wildman–Crippen LogP) is 6.28. The summed E-state index contributed by atoms with van der Waals surface area (Å²) in [6.07, 6.45) is 1.51. The summed E-state index contributed by atoms with van der Waals surface area (Å²) in [4.78, 5) is 17.0. The Kier molecular flexibility index (Phi) is 6.42. The van der Waals surface area contributed by atoms with Crippen molar-refractivity contribution in [2.75, 3.05) is 18.5 Å². The number of nitrogens with zero attached hydrogens (tertiary/aromatic N) is 1. The molecule has 0 saturated carbocycles. The summed E-state index contributed by atoms with van der Waals surface area (Å²) in [5.41, 5.74) is 3.24. The summed E-state index contributed by atoms with van der Waals surface area (Å²) in [6.45, 7) is 6.42. The minimum absolute atomic E-state index is 0.272. The molecule has 0 atom stereocenters. The maximum absolute atomic E-state index is 12.5. The van der Waals surface area contributed by atoms with Crippen molar-refractivity contribution in [1.29, 1.82) is 0 Å². The largest absolute Gasteiger partial charge is 0.493 e. The van der Waals surface area contributed by atoms with Gasteiger partial charge in [-0.15, -0.1) is 0 Å². The van der Waals surface area contributed by atoms with Crippen molar-refractivity contribution < 1.29 is 14.3 Å².